The first-order chi connectivity index (χ1) is 17.1. The van der Waals surface area contributed by atoms with E-state index in [9.17, 15) is 14.4 Å². The van der Waals surface area contributed by atoms with Gasteiger partial charge in [0.1, 0.15) is 0 Å². The summed E-state index contributed by atoms with van der Waals surface area (Å²) in [4.78, 5) is 45.7. The topological polar surface area (TPSA) is 96.3 Å². The second-order valence-electron chi connectivity index (χ2n) is 9.44. The van der Waals surface area contributed by atoms with Crippen LogP contribution in [0.1, 0.15) is 58.3 Å². The smallest absolute Gasteiger partial charge is 0.263 e. The van der Waals surface area contributed by atoms with Gasteiger partial charge in [-0.15, -0.1) is 0 Å². The lowest BCUT2D eigenvalue weighted by molar-refractivity contribution is 0.0653. The molecule has 36 heavy (non-hydrogen) atoms. The fraction of sp³-hybridized carbons (Fsp3) is 0.308. The Bertz CT molecular complexity index is 1470. The number of benzene rings is 2. The molecule has 0 saturated carbocycles. The molecule has 2 aliphatic heterocycles. The molecule has 186 valence electrons. The van der Waals surface area contributed by atoms with Crippen LogP contribution < -0.4 is 16.2 Å². The third-order valence-electron chi connectivity index (χ3n) is 6.49. The number of hydrogen-bond acceptors (Lipinski definition) is 5. The molecule has 5 rings (SSSR count). The first kappa shape index (κ1) is 24.3. The highest BCUT2D eigenvalue weighted by Crippen LogP contribution is 2.28. The number of anilines is 1. The van der Waals surface area contributed by atoms with E-state index in [0.717, 1.165) is 5.56 Å². The van der Waals surface area contributed by atoms with Gasteiger partial charge in [-0.1, -0.05) is 23.2 Å². The average Bonchev–Trinajstić information content (AvgIpc) is 3.20. The molecule has 2 aliphatic rings. The number of nitrogens with one attached hydrogen (secondary N) is 2. The molecular weight excluding hydrogens is 501 g/mol. The van der Waals surface area contributed by atoms with Crippen molar-refractivity contribution in [1.82, 2.24) is 19.8 Å². The molecule has 1 atom stereocenters. The first-order valence-electron chi connectivity index (χ1n) is 11.7. The summed E-state index contributed by atoms with van der Waals surface area (Å²) in [5.41, 5.74) is 3.46. The lowest BCUT2D eigenvalue weighted by Crippen LogP contribution is -2.46. The van der Waals surface area contributed by atoms with E-state index in [-0.39, 0.29) is 36.0 Å². The van der Waals surface area contributed by atoms with Gasteiger partial charge in [0.25, 0.3) is 17.4 Å². The molecule has 0 aliphatic carbocycles. The Morgan fingerprint density at radius 2 is 1.92 bits per heavy atom. The fourth-order valence-corrected chi connectivity index (χ4v) is 4.98. The Morgan fingerprint density at radius 1 is 1.14 bits per heavy atom. The maximum Gasteiger partial charge on any atom is 0.263 e. The van der Waals surface area contributed by atoms with Crippen LogP contribution >= 0.6 is 23.2 Å². The molecule has 1 aromatic heterocycles. The number of halogens is 2. The number of amides is 2. The molecular formula is C26H25Cl2N5O3. The second-order valence-corrected chi connectivity index (χ2v) is 10.3. The number of aromatic nitrogens is 2. The summed E-state index contributed by atoms with van der Waals surface area (Å²) in [6.45, 7) is 6.45. The minimum atomic E-state index is -0.229. The predicted octanol–water partition coefficient (Wildman–Crippen LogP) is 4.19. The molecule has 2 N–H and O–H groups in total. The average molecular weight is 526 g/mol. The molecule has 0 radical (unpaired) electrons. The summed E-state index contributed by atoms with van der Waals surface area (Å²) in [6, 6.07) is 9.92. The van der Waals surface area contributed by atoms with Crippen molar-refractivity contribution in [3.05, 3.63) is 84.7 Å². The van der Waals surface area contributed by atoms with Crippen molar-refractivity contribution in [2.45, 2.75) is 52.4 Å². The Kier molecular flexibility index (Phi) is 6.26. The van der Waals surface area contributed by atoms with Crippen molar-refractivity contribution in [2.24, 2.45) is 0 Å². The zero-order valence-electron chi connectivity index (χ0n) is 20.1. The quantitative estimate of drug-likeness (QED) is 0.532. The van der Waals surface area contributed by atoms with Crippen molar-refractivity contribution >= 4 is 41.0 Å². The highest BCUT2D eigenvalue weighted by atomic mass is 35.5. The number of nitrogens with zero attached hydrogens (tertiary/aromatic N) is 3. The van der Waals surface area contributed by atoms with Crippen LogP contribution in [0.4, 0.5) is 5.95 Å². The van der Waals surface area contributed by atoms with Crippen molar-refractivity contribution < 1.29 is 9.59 Å². The summed E-state index contributed by atoms with van der Waals surface area (Å²) >= 11 is 12.1. The summed E-state index contributed by atoms with van der Waals surface area (Å²) in [5, 5.41) is 6.77. The van der Waals surface area contributed by atoms with E-state index in [1.54, 1.807) is 39.8 Å². The van der Waals surface area contributed by atoms with Gasteiger partial charge in [-0.25, -0.2) is 9.55 Å². The van der Waals surface area contributed by atoms with Crippen molar-refractivity contribution in [1.29, 1.82) is 0 Å². The third kappa shape index (κ3) is 4.24. The van der Waals surface area contributed by atoms with Gasteiger partial charge in [-0.3, -0.25) is 14.4 Å². The van der Waals surface area contributed by atoms with Crippen LogP contribution in [-0.2, 0) is 19.5 Å². The maximum atomic E-state index is 13.8. The largest absolute Gasteiger partial charge is 0.353 e. The van der Waals surface area contributed by atoms with E-state index in [1.165, 1.54) is 0 Å². The molecule has 3 heterocycles. The van der Waals surface area contributed by atoms with E-state index in [4.69, 9.17) is 28.2 Å². The molecule has 0 spiro atoms. The molecule has 3 aromatic rings. The van der Waals surface area contributed by atoms with Crippen LogP contribution in [-0.4, -0.2) is 38.3 Å². The van der Waals surface area contributed by atoms with Crippen LogP contribution in [0.2, 0.25) is 10.0 Å². The second kappa shape index (κ2) is 9.26. The van der Waals surface area contributed by atoms with Crippen LogP contribution in [0, 0.1) is 0 Å². The van der Waals surface area contributed by atoms with Crippen LogP contribution in [0.3, 0.4) is 0 Å². The molecule has 10 heteroatoms. The predicted molar refractivity (Wildman–Crippen MR) is 139 cm³/mol. The van der Waals surface area contributed by atoms with Gasteiger partial charge in [0.15, 0.2) is 0 Å². The molecule has 0 saturated heterocycles. The van der Waals surface area contributed by atoms with Crippen LogP contribution in [0.5, 0.6) is 0 Å². The summed E-state index contributed by atoms with van der Waals surface area (Å²) < 4.78 is 1.56. The maximum absolute atomic E-state index is 13.8. The first-order valence-corrected chi connectivity index (χ1v) is 12.5. The third-order valence-corrected chi connectivity index (χ3v) is 7.23. The molecule has 2 amide bonds. The lowest BCUT2D eigenvalue weighted by atomic mass is 9.98. The zero-order chi connectivity index (χ0) is 25.7. The van der Waals surface area contributed by atoms with Gasteiger partial charge in [-0.05, 0) is 69.2 Å². The van der Waals surface area contributed by atoms with Gasteiger partial charge < -0.3 is 15.5 Å². The molecule has 0 bridgehead atoms. The fourth-order valence-electron chi connectivity index (χ4n) is 4.68. The normalized spacial score (nSPS) is 16.6. The van der Waals surface area contributed by atoms with Gasteiger partial charge in [0.2, 0.25) is 5.95 Å². The standard InChI is InChI=1S/C26H25Cl2N5O3/c1-13(2)30-26-31-22-12-32(24(35)15-4-7-20(27)21(28)10-15)14(3)8-19(22)25(36)33(26)17-5-6-18-16(9-17)11-29-23(18)34/h4-7,9-10,13-14H,8,11-12H2,1-3H3,(H,29,34)(H,30,31)/t14-/m1/s1. The highest BCUT2D eigenvalue weighted by Gasteiger charge is 2.32. The van der Waals surface area contributed by atoms with Gasteiger partial charge >= 0.3 is 0 Å². The minimum Gasteiger partial charge on any atom is -0.353 e. The molecule has 0 fully saturated rings. The van der Waals surface area contributed by atoms with E-state index in [2.05, 4.69) is 10.6 Å². The van der Waals surface area contributed by atoms with Crippen LogP contribution in [0.25, 0.3) is 5.69 Å². The van der Waals surface area contributed by atoms with Gasteiger partial charge in [0.05, 0.1) is 28.0 Å². The monoisotopic (exact) mass is 525 g/mol. The van der Waals surface area contributed by atoms with Gasteiger partial charge in [-0.2, -0.15) is 0 Å². The van der Waals surface area contributed by atoms with E-state index in [1.807, 2.05) is 26.8 Å². The summed E-state index contributed by atoms with van der Waals surface area (Å²) in [5.74, 6) is 0.0721. The summed E-state index contributed by atoms with van der Waals surface area (Å²) in [6.07, 6.45) is 0.362. The van der Waals surface area contributed by atoms with Crippen molar-refractivity contribution in [3.63, 3.8) is 0 Å². The number of carbonyl (C=O) groups excluding carboxylic acids is 2. The Hall–Kier alpha value is -3.36. The van der Waals surface area contributed by atoms with Crippen molar-refractivity contribution in [3.8, 4) is 5.69 Å². The Labute approximate surface area is 218 Å². The molecule has 8 nitrogen and oxygen atoms in total. The molecule has 2 aromatic carbocycles. The highest BCUT2D eigenvalue weighted by molar-refractivity contribution is 6.42. The number of fused-ring (bicyclic) bond motifs is 2. The number of hydrogen-bond donors (Lipinski definition) is 2. The number of carbonyl (C=O) groups is 2. The van der Waals surface area contributed by atoms with E-state index >= 15 is 0 Å². The molecule has 0 unspecified atom stereocenters. The van der Waals surface area contributed by atoms with Gasteiger partial charge in [0, 0.05) is 35.3 Å². The SMILES string of the molecule is CC(C)Nc1nc2c(c(=O)n1-c1ccc3c(c1)CNC3=O)C[C@@H](C)N(C(=O)c1ccc(Cl)c(Cl)c1)C2. The van der Waals surface area contributed by atoms with E-state index < -0.39 is 0 Å². The van der Waals surface area contributed by atoms with E-state index in [0.29, 0.717) is 57.0 Å². The minimum absolute atomic E-state index is 0.00956. The van der Waals surface area contributed by atoms with Crippen LogP contribution in [0.15, 0.2) is 41.2 Å². The summed E-state index contributed by atoms with van der Waals surface area (Å²) in [7, 11) is 0. The Morgan fingerprint density at radius 3 is 2.64 bits per heavy atom. The lowest BCUT2D eigenvalue weighted by Gasteiger charge is -2.35. The number of rotatable bonds is 4. The zero-order valence-corrected chi connectivity index (χ0v) is 21.6. The van der Waals surface area contributed by atoms with Crippen molar-refractivity contribution in [2.75, 3.05) is 5.32 Å². The Balaban J connectivity index is 1.57.